The molecule has 0 heteroatoms. The lowest BCUT2D eigenvalue weighted by molar-refractivity contribution is 0.583. The van der Waals surface area contributed by atoms with Gasteiger partial charge in [0.1, 0.15) is 0 Å². The van der Waals surface area contributed by atoms with E-state index in [2.05, 4.69) is 75.9 Å². The maximum absolute atomic E-state index is 3.95. The average Bonchev–Trinajstić information content (AvgIpc) is 2.38. The van der Waals surface area contributed by atoms with Crippen molar-refractivity contribution < 1.29 is 0 Å². The van der Waals surface area contributed by atoms with E-state index < -0.39 is 0 Å². The predicted molar refractivity (Wildman–Crippen MR) is 84.5 cm³/mol. The Labute approximate surface area is 116 Å². The van der Waals surface area contributed by atoms with E-state index in [9.17, 15) is 0 Å². The van der Waals surface area contributed by atoms with Gasteiger partial charge in [0.05, 0.1) is 0 Å². The fraction of sp³-hybridized carbons (Fsp3) is 0.263. The molecule has 0 aromatic heterocycles. The molecule has 0 saturated carbocycles. The molecule has 0 aliphatic heterocycles. The summed E-state index contributed by atoms with van der Waals surface area (Å²) in [6.45, 7) is 10.8. The first-order valence-corrected chi connectivity index (χ1v) is 6.81. The minimum atomic E-state index is 0.134. The minimum Gasteiger partial charge on any atom is -0.0985 e. The summed E-state index contributed by atoms with van der Waals surface area (Å²) in [6, 6.07) is 17.2. The number of benzene rings is 2. The Morgan fingerprint density at radius 3 is 2.21 bits per heavy atom. The van der Waals surface area contributed by atoms with Crippen molar-refractivity contribution in [1.29, 1.82) is 0 Å². The van der Waals surface area contributed by atoms with Crippen LogP contribution in [0.5, 0.6) is 0 Å². The van der Waals surface area contributed by atoms with E-state index in [0.29, 0.717) is 0 Å². The quantitative estimate of drug-likeness (QED) is 0.700. The van der Waals surface area contributed by atoms with E-state index in [1.807, 2.05) is 6.08 Å². The van der Waals surface area contributed by atoms with Crippen molar-refractivity contribution in [1.82, 2.24) is 0 Å². The second kappa shape index (κ2) is 5.44. The molecule has 0 amide bonds. The number of hydrogen-bond acceptors (Lipinski definition) is 0. The van der Waals surface area contributed by atoms with Gasteiger partial charge in [0, 0.05) is 0 Å². The molecule has 0 saturated heterocycles. The van der Waals surface area contributed by atoms with Crippen molar-refractivity contribution in [2.45, 2.75) is 32.6 Å². The molecule has 0 N–H and O–H groups in total. The second-order valence-corrected chi connectivity index (χ2v) is 6.00. The molecular weight excluding hydrogens is 228 g/mol. The van der Waals surface area contributed by atoms with Crippen molar-refractivity contribution in [3.63, 3.8) is 0 Å². The van der Waals surface area contributed by atoms with E-state index in [0.717, 1.165) is 6.42 Å². The van der Waals surface area contributed by atoms with E-state index >= 15 is 0 Å². The molecule has 0 aliphatic rings. The Morgan fingerprint density at radius 1 is 0.947 bits per heavy atom. The average molecular weight is 250 g/mol. The molecule has 0 atom stereocenters. The fourth-order valence-electron chi connectivity index (χ4n) is 2.67. The lowest BCUT2D eigenvalue weighted by Gasteiger charge is -2.25. The van der Waals surface area contributed by atoms with Gasteiger partial charge in [0.25, 0.3) is 0 Å². The van der Waals surface area contributed by atoms with E-state index in [4.69, 9.17) is 0 Å². The zero-order chi connectivity index (χ0) is 13.9. The molecule has 0 spiro atoms. The van der Waals surface area contributed by atoms with Crippen LogP contribution in [0.4, 0.5) is 0 Å². The van der Waals surface area contributed by atoms with Gasteiger partial charge in [-0.1, -0.05) is 82.0 Å². The molecule has 2 aromatic carbocycles. The van der Waals surface area contributed by atoms with Crippen molar-refractivity contribution in [3.8, 4) is 0 Å². The summed E-state index contributed by atoms with van der Waals surface area (Å²) < 4.78 is 0. The highest BCUT2D eigenvalue weighted by molar-refractivity contribution is 5.57. The Balaban J connectivity index is 2.49. The molecule has 98 valence electrons. The molecule has 2 rings (SSSR count). The van der Waals surface area contributed by atoms with Crippen LogP contribution in [0.2, 0.25) is 0 Å². The van der Waals surface area contributed by atoms with Gasteiger partial charge >= 0.3 is 0 Å². The Bertz CT molecular complexity index is 556. The highest BCUT2D eigenvalue weighted by Gasteiger charge is 2.20. The summed E-state index contributed by atoms with van der Waals surface area (Å²) in [6.07, 6.45) is 2.95. The third-order valence-corrected chi connectivity index (χ3v) is 3.39. The van der Waals surface area contributed by atoms with Crippen LogP contribution in [0.1, 0.15) is 43.0 Å². The van der Waals surface area contributed by atoms with Gasteiger partial charge in [0.2, 0.25) is 0 Å². The molecule has 0 nitrogen and oxygen atoms in total. The number of hydrogen-bond donors (Lipinski definition) is 0. The Kier molecular flexibility index (Phi) is 3.90. The van der Waals surface area contributed by atoms with E-state index in [1.165, 1.54) is 22.3 Å². The van der Waals surface area contributed by atoms with Gasteiger partial charge in [-0.15, -0.1) is 0 Å². The first-order chi connectivity index (χ1) is 9.02. The van der Waals surface area contributed by atoms with Gasteiger partial charge in [-0.05, 0) is 34.1 Å². The van der Waals surface area contributed by atoms with Crippen molar-refractivity contribution in [3.05, 3.63) is 77.4 Å². The SMILES string of the molecule is C=Cc1cccc(Cc2ccccc2)c1C(C)(C)C. The smallest absolute Gasteiger partial charge is 0.00226 e. The molecule has 0 bridgehead atoms. The molecule has 2 aromatic rings. The van der Waals surface area contributed by atoms with Crippen molar-refractivity contribution in [2.24, 2.45) is 0 Å². The summed E-state index contributed by atoms with van der Waals surface area (Å²) in [7, 11) is 0. The first-order valence-electron chi connectivity index (χ1n) is 6.81. The zero-order valence-electron chi connectivity index (χ0n) is 12.1. The summed E-state index contributed by atoms with van der Waals surface area (Å²) in [5, 5.41) is 0. The largest absolute Gasteiger partial charge is 0.0985 e. The van der Waals surface area contributed by atoms with Crippen LogP contribution < -0.4 is 0 Å². The summed E-state index contributed by atoms with van der Waals surface area (Å²) in [4.78, 5) is 0. The second-order valence-electron chi connectivity index (χ2n) is 6.00. The van der Waals surface area contributed by atoms with Gasteiger partial charge in [-0.2, -0.15) is 0 Å². The van der Waals surface area contributed by atoms with Crippen LogP contribution in [-0.4, -0.2) is 0 Å². The van der Waals surface area contributed by atoms with E-state index in [-0.39, 0.29) is 5.41 Å². The lowest BCUT2D eigenvalue weighted by atomic mass is 9.79. The highest BCUT2D eigenvalue weighted by Crippen LogP contribution is 2.31. The van der Waals surface area contributed by atoms with Gasteiger partial charge in [-0.25, -0.2) is 0 Å². The minimum absolute atomic E-state index is 0.134. The summed E-state index contributed by atoms with van der Waals surface area (Å²) in [5.74, 6) is 0. The Morgan fingerprint density at radius 2 is 1.63 bits per heavy atom. The molecule has 0 fully saturated rings. The first kappa shape index (κ1) is 13.6. The molecule has 0 unspecified atom stereocenters. The van der Waals surface area contributed by atoms with Crippen LogP contribution in [-0.2, 0) is 11.8 Å². The predicted octanol–water partition coefficient (Wildman–Crippen LogP) is 5.22. The monoisotopic (exact) mass is 250 g/mol. The van der Waals surface area contributed by atoms with Crippen LogP contribution in [0.25, 0.3) is 6.08 Å². The lowest BCUT2D eigenvalue weighted by Crippen LogP contribution is -2.16. The Hall–Kier alpha value is -1.82. The molecular formula is C19H22. The van der Waals surface area contributed by atoms with Gasteiger partial charge in [-0.3, -0.25) is 0 Å². The fourth-order valence-corrected chi connectivity index (χ4v) is 2.67. The third-order valence-electron chi connectivity index (χ3n) is 3.39. The van der Waals surface area contributed by atoms with Crippen LogP contribution >= 0.6 is 0 Å². The van der Waals surface area contributed by atoms with Crippen LogP contribution in [0.15, 0.2) is 55.1 Å². The number of rotatable bonds is 3. The molecule has 19 heavy (non-hydrogen) atoms. The maximum atomic E-state index is 3.95. The summed E-state index contributed by atoms with van der Waals surface area (Å²) in [5.41, 5.74) is 5.55. The van der Waals surface area contributed by atoms with Crippen molar-refractivity contribution in [2.75, 3.05) is 0 Å². The van der Waals surface area contributed by atoms with Crippen LogP contribution in [0.3, 0.4) is 0 Å². The molecule has 0 aliphatic carbocycles. The maximum Gasteiger partial charge on any atom is -0.00226 e. The summed E-state index contributed by atoms with van der Waals surface area (Å²) >= 11 is 0. The molecule has 0 radical (unpaired) electrons. The zero-order valence-corrected chi connectivity index (χ0v) is 12.1. The van der Waals surface area contributed by atoms with Crippen molar-refractivity contribution >= 4 is 6.08 Å². The van der Waals surface area contributed by atoms with E-state index in [1.54, 1.807) is 0 Å². The normalized spacial score (nSPS) is 11.3. The molecule has 0 heterocycles. The topological polar surface area (TPSA) is 0 Å². The van der Waals surface area contributed by atoms with Gasteiger partial charge in [0.15, 0.2) is 0 Å². The third kappa shape index (κ3) is 3.14. The van der Waals surface area contributed by atoms with Gasteiger partial charge < -0.3 is 0 Å². The van der Waals surface area contributed by atoms with Crippen LogP contribution in [0, 0.1) is 0 Å². The highest BCUT2D eigenvalue weighted by atomic mass is 14.2. The standard InChI is InChI=1S/C19H22/c1-5-16-12-9-13-17(18(16)19(2,3)4)14-15-10-7-6-8-11-15/h5-13H,1,14H2,2-4H3.